The second-order valence-electron chi connectivity index (χ2n) is 5.08. The highest BCUT2D eigenvalue weighted by Gasteiger charge is 2.20. The number of hydrogen-bond donors (Lipinski definition) is 2. The number of ether oxygens (including phenoxy) is 1. The van der Waals surface area contributed by atoms with Crippen molar-refractivity contribution in [3.8, 4) is 0 Å². The van der Waals surface area contributed by atoms with Crippen LogP contribution >= 0.6 is 0 Å². The van der Waals surface area contributed by atoms with E-state index in [0.29, 0.717) is 6.61 Å². The summed E-state index contributed by atoms with van der Waals surface area (Å²) in [4.78, 5) is 29.9. The van der Waals surface area contributed by atoms with Crippen molar-refractivity contribution in [2.75, 3.05) is 6.61 Å². The lowest BCUT2D eigenvalue weighted by atomic mass is 9.88. The molecule has 0 unspecified atom stereocenters. The highest BCUT2D eigenvalue weighted by Crippen LogP contribution is 2.22. The smallest absolute Gasteiger partial charge is 0.331 e. The topological polar surface area (TPSA) is 101 Å². The third-order valence-corrected chi connectivity index (χ3v) is 1.98. The summed E-state index contributed by atoms with van der Waals surface area (Å²) >= 11 is 0. The fourth-order valence-corrected chi connectivity index (χ4v) is 0.522. The van der Waals surface area contributed by atoms with Crippen molar-refractivity contribution in [1.82, 2.24) is 0 Å². The normalized spacial score (nSPS) is 8.95. The van der Waals surface area contributed by atoms with Crippen LogP contribution in [-0.2, 0) is 19.1 Å². The van der Waals surface area contributed by atoms with Gasteiger partial charge in [-0.2, -0.15) is 0 Å². The van der Waals surface area contributed by atoms with Crippen molar-refractivity contribution in [3.63, 3.8) is 0 Å². The molecule has 0 aliphatic heterocycles. The Morgan fingerprint density at radius 1 is 1.09 bits per heavy atom. The monoisotopic (exact) mass is 314 g/mol. The van der Waals surface area contributed by atoms with Gasteiger partial charge in [0.05, 0.1) is 6.61 Å². The largest absolute Gasteiger partial charge is 0.478 e. The fourth-order valence-electron chi connectivity index (χ4n) is 0.522. The Balaban J connectivity index is -0.000000252. The van der Waals surface area contributed by atoms with Gasteiger partial charge in [-0.25, -0.2) is 14.4 Å². The van der Waals surface area contributed by atoms with Crippen LogP contribution in [0.15, 0.2) is 37.0 Å². The molecular weight excluding hydrogens is 288 g/mol. The van der Waals surface area contributed by atoms with Crippen molar-refractivity contribution in [1.29, 1.82) is 0 Å². The quantitative estimate of drug-likeness (QED) is 0.611. The zero-order chi connectivity index (χ0) is 18.5. The van der Waals surface area contributed by atoms with Crippen LogP contribution in [0.3, 0.4) is 0 Å². The third-order valence-electron chi connectivity index (χ3n) is 1.98. The summed E-state index contributed by atoms with van der Waals surface area (Å²) < 4.78 is 4.43. The van der Waals surface area contributed by atoms with Crippen LogP contribution in [0, 0.1) is 5.41 Å². The van der Waals surface area contributed by atoms with Gasteiger partial charge in [-0.15, -0.1) is 0 Å². The molecule has 0 saturated heterocycles. The summed E-state index contributed by atoms with van der Waals surface area (Å²) in [5.74, 6) is -2.21. The van der Waals surface area contributed by atoms with E-state index in [-0.39, 0.29) is 22.5 Å². The Bertz CT molecular complexity index is 414. The Labute approximate surface area is 131 Å². The van der Waals surface area contributed by atoms with Gasteiger partial charge < -0.3 is 14.9 Å². The summed E-state index contributed by atoms with van der Waals surface area (Å²) in [6.45, 7) is 18.9. The minimum absolute atomic E-state index is 0.176. The van der Waals surface area contributed by atoms with Crippen LogP contribution < -0.4 is 0 Å². The van der Waals surface area contributed by atoms with Gasteiger partial charge in [0.1, 0.15) is 0 Å². The third kappa shape index (κ3) is 17.6. The first kappa shape index (κ1) is 24.6. The van der Waals surface area contributed by atoms with Gasteiger partial charge in [0.15, 0.2) is 0 Å². The van der Waals surface area contributed by atoms with Crippen LogP contribution in [0.25, 0.3) is 0 Å². The maximum Gasteiger partial charge on any atom is 0.331 e. The zero-order valence-corrected chi connectivity index (χ0v) is 13.9. The lowest BCUT2D eigenvalue weighted by molar-refractivity contribution is -0.137. The molecule has 0 aromatic rings. The average molecular weight is 314 g/mol. The molecule has 6 nitrogen and oxygen atoms in total. The molecule has 6 heteroatoms. The Kier molecular flexibility index (Phi) is 13.9. The lowest BCUT2D eigenvalue weighted by Gasteiger charge is -2.17. The molecule has 0 amide bonds. The lowest BCUT2D eigenvalue weighted by Crippen LogP contribution is -2.15. The van der Waals surface area contributed by atoms with Crippen molar-refractivity contribution < 1.29 is 29.3 Å². The summed E-state index contributed by atoms with van der Waals surface area (Å²) in [5.41, 5.74) is 0.115. The minimum Gasteiger partial charge on any atom is -0.478 e. The molecule has 2 N–H and O–H groups in total. The maximum absolute atomic E-state index is 10.2. The molecule has 0 saturated carbocycles. The second-order valence-corrected chi connectivity index (χ2v) is 5.08. The van der Waals surface area contributed by atoms with Crippen LogP contribution in [0.2, 0.25) is 0 Å². The SMILES string of the molecule is C=C(C(=O)O)C(C)(C)C.C=C(C)C(=O)O.C=CC(=O)OCC. The van der Waals surface area contributed by atoms with Gasteiger partial charge in [-0.05, 0) is 19.3 Å². The van der Waals surface area contributed by atoms with Crippen molar-refractivity contribution in [3.05, 3.63) is 37.0 Å². The molecule has 0 aromatic heterocycles. The Hall–Kier alpha value is -2.37. The first-order valence-corrected chi connectivity index (χ1v) is 6.41. The first-order valence-electron chi connectivity index (χ1n) is 6.41. The molecule has 0 radical (unpaired) electrons. The van der Waals surface area contributed by atoms with Gasteiger partial charge >= 0.3 is 17.9 Å². The molecule has 0 spiro atoms. The molecule has 0 bridgehead atoms. The van der Waals surface area contributed by atoms with Gasteiger partial charge in [0.25, 0.3) is 0 Å². The second kappa shape index (κ2) is 12.4. The van der Waals surface area contributed by atoms with E-state index in [1.807, 2.05) is 20.8 Å². The van der Waals surface area contributed by atoms with Crippen molar-refractivity contribution in [2.24, 2.45) is 5.41 Å². The summed E-state index contributed by atoms with van der Waals surface area (Å²) in [5, 5.41) is 16.3. The molecule has 0 aliphatic carbocycles. The van der Waals surface area contributed by atoms with Crippen molar-refractivity contribution in [2.45, 2.75) is 34.6 Å². The number of esters is 1. The number of rotatable bonds is 4. The number of carboxylic acids is 2. The number of aliphatic carboxylic acids is 2. The number of carbonyl (C=O) groups excluding carboxylic acids is 1. The maximum atomic E-state index is 10.2. The summed E-state index contributed by atoms with van der Waals surface area (Å²) in [6.07, 6.45) is 1.14. The highest BCUT2D eigenvalue weighted by atomic mass is 16.5. The van der Waals surface area contributed by atoms with E-state index in [9.17, 15) is 14.4 Å². The highest BCUT2D eigenvalue weighted by molar-refractivity contribution is 5.87. The number of carboxylic acid groups (broad SMARTS) is 2. The fraction of sp³-hybridized carbons (Fsp3) is 0.438. The van der Waals surface area contributed by atoms with Gasteiger partial charge in [0.2, 0.25) is 0 Å². The van der Waals surface area contributed by atoms with E-state index in [1.54, 1.807) is 6.92 Å². The zero-order valence-electron chi connectivity index (χ0n) is 13.9. The molecular formula is C16H26O6. The van der Waals surface area contributed by atoms with Gasteiger partial charge in [-0.1, -0.05) is 40.5 Å². The standard InChI is InChI=1S/C7H12O2.C5H8O2.C4H6O2/c1-5(6(8)9)7(2,3)4;1-3-5(6)7-4-2;1-3(2)4(5)6/h1H2,2-4H3,(H,8,9);3H,1,4H2,2H3;1H2,2H3,(H,5,6). The number of carbonyl (C=O) groups is 3. The Morgan fingerprint density at radius 3 is 1.50 bits per heavy atom. The Morgan fingerprint density at radius 2 is 1.45 bits per heavy atom. The summed E-state index contributed by atoms with van der Waals surface area (Å²) in [7, 11) is 0. The van der Waals surface area contributed by atoms with E-state index in [4.69, 9.17) is 10.2 Å². The van der Waals surface area contributed by atoms with E-state index in [0.717, 1.165) is 6.08 Å². The van der Waals surface area contributed by atoms with Crippen LogP contribution in [0.5, 0.6) is 0 Å². The van der Waals surface area contributed by atoms with Crippen LogP contribution in [0.4, 0.5) is 0 Å². The molecule has 0 aromatic carbocycles. The summed E-state index contributed by atoms with van der Waals surface area (Å²) in [6, 6.07) is 0. The molecule has 0 aliphatic rings. The molecule has 22 heavy (non-hydrogen) atoms. The molecule has 126 valence electrons. The molecule has 0 atom stereocenters. The van der Waals surface area contributed by atoms with Gasteiger partial charge in [-0.3, -0.25) is 0 Å². The van der Waals surface area contributed by atoms with Crippen LogP contribution in [-0.4, -0.2) is 34.7 Å². The molecule has 0 fully saturated rings. The minimum atomic E-state index is -0.935. The van der Waals surface area contributed by atoms with Crippen molar-refractivity contribution >= 4 is 17.9 Å². The molecule has 0 rings (SSSR count). The van der Waals surface area contributed by atoms with Gasteiger partial charge in [0, 0.05) is 17.2 Å². The van der Waals surface area contributed by atoms with E-state index < -0.39 is 11.9 Å². The van der Waals surface area contributed by atoms with E-state index in [2.05, 4.69) is 24.5 Å². The first-order chi connectivity index (χ1) is 9.80. The predicted molar refractivity (Wildman–Crippen MR) is 85.5 cm³/mol. The molecule has 0 heterocycles. The van der Waals surface area contributed by atoms with E-state index in [1.165, 1.54) is 6.92 Å². The average Bonchev–Trinajstić information content (AvgIpc) is 2.38. The van der Waals surface area contributed by atoms with Crippen LogP contribution in [0.1, 0.15) is 34.6 Å². The number of hydrogen-bond acceptors (Lipinski definition) is 4. The van der Waals surface area contributed by atoms with E-state index >= 15 is 0 Å². The predicted octanol–water partition coefficient (Wildman–Crippen LogP) is 3.06.